The molecule has 0 spiro atoms. The van der Waals surface area contributed by atoms with E-state index in [2.05, 4.69) is 81.5 Å². The predicted molar refractivity (Wildman–Crippen MR) is 265 cm³/mol. The van der Waals surface area contributed by atoms with Gasteiger partial charge in [0.05, 0.1) is 0 Å². The van der Waals surface area contributed by atoms with Crippen LogP contribution in [0, 0.1) is 0 Å². The van der Waals surface area contributed by atoms with Crippen LogP contribution < -0.4 is 0 Å². The van der Waals surface area contributed by atoms with Crippen LogP contribution in [0.25, 0.3) is 0 Å². The molecular weight excluding hydrogens is 769 g/mol. The van der Waals surface area contributed by atoms with Crippen LogP contribution in [0.15, 0.2) is 72.9 Å². The summed E-state index contributed by atoms with van der Waals surface area (Å²) in [6.45, 7) is 6.44. The van der Waals surface area contributed by atoms with Crippen LogP contribution in [0.3, 0.4) is 0 Å². The van der Waals surface area contributed by atoms with Crippen LogP contribution in [-0.2, 0) is 28.6 Å². The third kappa shape index (κ3) is 47.9. The number of allylic oxidation sites excluding steroid dienone is 12. The molecule has 0 aromatic rings. The molecule has 0 aliphatic heterocycles. The highest BCUT2D eigenvalue weighted by Crippen LogP contribution is 2.14. The average molecular weight is 865 g/mol. The molecule has 0 rings (SSSR count). The van der Waals surface area contributed by atoms with Crippen molar-refractivity contribution in [2.75, 3.05) is 13.2 Å². The molecule has 0 saturated carbocycles. The number of rotatable bonds is 46. The molecule has 0 aromatic carbocycles. The van der Waals surface area contributed by atoms with Crippen molar-refractivity contribution in [2.45, 2.75) is 252 Å². The van der Waals surface area contributed by atoms with Gasteiger partial charge >= 0.3 is 17.9 Å². The van der Waals surface area contributed by atoms with Crippen LogP contribution in [-0.4, -0.2) is 37.2 Å². The number of hydrogen-bond acceptors (Lipinski definition) is 6. The highest BCUT2D eigenvalue weighted by Gasteiger charge is 2.19. The van der Waals surface area contributed by atoms with Gasteiger partial charge in [-0.1, -0.05) is 203 Å². The standard InChI is InChI=1S/C56H96O6/c1-4-7-10-13-16-19-22-25-27-29-31-34-37-40-43-46-49-55(58)61-52-53(51-60-54(57)48-45-42-39-36-33-30-24-21-18-15-12-9-6-3)62-56(59)50-47-44-41-38-35-32-28-26-23-20-17-14-11-8-5-2/h9,12,18,21,26-30,33,39,42,53H,4-8,10-11,13-17,19-20,22-25,31-32,34-38,40-41,43-52H2,1-3H3/b12-9-,21-18-,28-26-,29-27-,33-30-,42-39-. The minimum absolute atomic E-state index is 0.105. The van der Waals surface area contributed by atoms with E-state index in [1.807, 2.05) is 12.2 Å². The van der Waals surface area contributed by atoms with E-state index in [-0.39, 0.29) is 37.5 Å². The summed E-state index contributed by atoms with van der Waals surface area (Å²) in [6.07, 6.45) is 63.3. The zero-order valence-electron chi connectivity index (χ0n) is 40.6. The molecule has 0 N–H and O–H groups in total. The van der Waals surface area contributed by atoms with Gasteiger partial charge in [0.15, 0.2) is 6.10 Å². The summed E-state index contributed by atoms with van der Waals surface area (Å²) in [5, 5.41) is 0. The number of carbonyl (C=O) groups is 3. The summed E-state index contributed by atoms with van der Waals surface area (Å²) in [7, 11) is 0. The van der Waals surface area contributed by atoms with Gasteiger partial charge in [-0.3, -0.25) is 14.4 Å². The van der Waals surface area contributed by atoms with Crippen LogP contribution in [0.2, 0.25) is 0 Å². The number of unbranched alkanes of at least 4 members (excludes halogenated alkanes) is 23. The zero-order valence-corrected chi connectivity index (χ0v) is 40.6. The normalized spacial score (nSPS) is 12.6. The van der Waals surface area contributed by atoms with Crippen molar-refractivity contribution in [1.82, 2.24) is 0 Å². The van der Waals surface area contributed by atoms with Crippen LogP contribution in [0.4, 0.5) is 0 Å². The Balaban J connectivity index is 4.48. The highest BCUT2D eigenvalue weighted by atomic mass is 16.6. The lowest BCUT2D eigenvalue weighted by molar-refractivity contribution is -0.166. The smallest absolute Gasteiger partial charge is 0.306 e. The molecule has 6 heteroatoms. The lowest BCUT2D eigenvalue weighted by atomic mass is 10.1. The fourth-order valence-corrected chi connectivity index (χ4v) is 7.03. The molecule has 0 fully saturated rings. The Morgan fingerprint density at radius 2 is 0.661 bits per heavy atom. The summed E-state index contributed by atoms with van der Waals surface area (Å²) in [6, 6.07) is 0. The first-order chi connectivity index (χ1) is 30.5. The Bertz CT molecular complexity index is 1180. The van der Waals surface area contributed by atoms with Crippen molar-refractivity contribution in [2.24, 2.45) is 0 Å². The molecule has 1 atom stereocenters. The molecule has 62 heavy (non-hydrogen) atoms. The number of hydrogen-bond donors (Lipinski definition) is 0. The molecule has 0 radical (unpaired) electrons. The maximum absolute atomic E-state index is 12.8. The van der Waals surface area contributed by atoms with Gasteiger partial charge in [-0.2, -0.15) is 0 Å². The third-order valence-electron chi connectivity index (χ3n) is 10.9. The molecule has 0 saturated heterocycles. The van der Waals surface area contributed by atoms with Crippen LogP contribution in [0.5, 0.6) is 0 Å². The van der Waals surface area contributed by atoms with Crippen molar-refractivity contribution < 1.29 is 28.6 Å². The first-order valence-electron chi connectivity index (χ1n) is 25.9. The van der Waals surface area contributed by atoms with Crippen molar-refractivity contribution in [3.05, 3.63) is 72.9 Å². The van der Waals surface area contributed by atoms with Crippen LogP contribution >= 0.6 is 0 Å². The van der Waals surface area contributed by atoms with E-state index in [0.29, 0.717) is 19.3 Å². The van der Waals surface area contributed by atoms with E-state index in [4.69, 9.17) is 14.2 Å². The second kappa shape index (κ2) is 50.5. The van der Waals surface area contributed by atoms with Crippen LogP contribution in [0.1, 0.15) is 245 Å². The van der Waals surface area contributed by atoms with Gasteiger partial charge in [-0.25, -0.2) is 0 Å². The van der Waals surface area contributed by atoms with E-state index in [1.54, 1.807) is 0 Å². The van der Waals surface area contributed by atoms with E-state index in [1.165, 1.54) is 116 Å². The molecule has 0 bridgehead atoms. The SMILES string of the molecule is CC/C=C\C/C=C\C/C=C\C/C=C\CCC(=O)OCC(COC(=O)CCCCCCC/C=C\CCCCCCCCC)OC(=O)CCCCCCC/C=C\CCCCCCCC. The Morgan fingerprint density at radius 3 is 1.08 bits per heavy atom. The monoisotopic (exact) mass is 865 g/mol. The molecule has 0 amide bonds. The summed E-state index contributed by atoms with van der Waals surface area (Å²) < 4.78 is 16.7. The van der Waals surface area contributed by atoms with E-state index >= 15 is 0 Å². The van der Waals surface area contributed by atoms with E-state index in [0.717, 1.165) is 83.5 Å². The number of ether oxygens (including phenoxy) is 3. The predicted octanol–water partition coefficient (Wildman–Crippen LogP) is 17.0. The van der Waals surface area contributed by atoms with Gasteiger partial charge in [-0.15, -0.1) is 0 Å². The van der Waals surface area contributed by atoms with Gasteiger partial charge < -0.3 is 14.2 Å². The van der Waals surface area contributed by atoms with Gasteiger partial charge in [0.1, 0.15) is 13.2 Å². The van der Waals surface area contributed by atoms with Crippen molar-refractivity contribution in [1.29, 1.82) is 0 Å². The highest BCUT2D eigenvalue weighted by molar-refractivity contribution is 5.71. The van der Waals surface area contributed by atoms with Crippen molar-refractivity contribution in [3.63, 3.8) is 0 Å². The lowest BCUT2D eigenvalue weighted by Crippen LogP contribution is -2.30. The zero-order chi connectivity index (χ0) is 45.1. The summed E-state index contributed by atoms with van der Waals surface area (Å²) in [5.41, 5.74) is 0. The van der Waals surface area contributed by atoms with Crippen molar-refractivity contribution in [3.8, 4) is 0 Å². The fraction of sp³-hybridized carbons (Fsp3) is 0.732. The average Bonchev–Trinajstić information content (AvgIpc) is 3.27. The second-order valence-corrected chi connectivity index (χ2v) is 17.0. The Hall–Kier alpha value is -3.15. The molecular formula is C56H96O6. The quantitative estimate of drug-likeness (QED) is 0.0262. The Morgan fingerprint density at radius 1 is 0.339 bits per heavy atom. The van der Waals surface area contributed by atoms with Gasteiger partial charge in [-0.05, 0) is 96.3 Å². The number of carbonyl (C=O) groups excluding carboxylic acids is 3. The Labute approximate surface area is 382 Å². The second-order valence-electron chi connectivity index (χ2n) is 17.0. The maximum Gasteiger partial charge on any atom is 0.306 e. The lowest BCUT2D eigenvalue weighted by Gasteiger charge is -2.18. The van der Waals surface area contributed by atoms with Gasteiger partial charge in [0.25, 0.3) is 0 Å². The molecule has 6 nitrogen and oxygen atoms in total. The van der Waals surface area contributed by atoms with Gasteiger partial charge in [0.2, 0.25) is 0 Å². The minimum Gasteiger partial charge on any atom is -0.462 e. The fourth-order valence-electron chi connectivity index (χ4n) is 7.03. The van der Waals surface area contributed by atoms with E-state index in [9.17, 15) is 14.4 Å². The summed E-state index contributed by atoms with van der Waals surface area (Å²) in [4.78, 5) is 37.9. The largest absolute Gasteiger partial charge is 0.462 e. The molecule has 356 valence electrons. The number of esters is 3. The molecule has 1 unspecified atom stereocenters. The minimum atomic E-state index is -0.810. The van der Waals surface area contributed by atoms with Crippen molar-refractivity contribution >= 4 is 17.9 Å². The van der Waals surface area contributed by atoms with Gasteiger partial charge in [0, 0.05) is 19.3 Å². The summed E-state index contributed by atoms with van der Waals surface area (Å²) >= 11 is 0. The molecule has 0 aromatic heterocycles. The molecule has 0 aliphatic carbocycles. The molecule has 0 aliphatic rings. The Kier molecular flexibility index (Phi) is 47.9. The molecule has 0 heterocycles. The first kappa shape index (κ1) is 58.9. The topological polar surface area (TPSA) is 78.9 Å². The maximum atomic E-state index is 12.8. The third-order valence-corrected chi connectivity index (χ3v) is 10.9. The summed E-state index contributed by atoms with van der Waals surface area (Å²) in [5.74, 6) is -1.00. The first-order valence-corrected chi connectivity index (χ1v) is 25.9. The van der Waals surface area contributed by atoms with E-state index < -0.39 is 6.10 Å².